The highest BCUT2D eigenvalue weighted by Gasteiger charge is 2.24. The topological polar surface area (TPSA) is 49.7 Å². The van der Waals surface area contributed by atoms with Crippen molar-refractivity contribution in [3.8, 4) is 11.5 Å². The van der Waals surface area contributed by atoms with Crippen LogP contribution < -0.4 is 0 Å². The van der Waals surface area contributed by atoms with Gasteiger partial charge in [-0.05, 0) is 35.4 Å². The highest BCUT2D eigenvalue weighted by molar-refractivity contribution is 5.44. The summed E-state index contributed by atoms with van der Waals surface area (Å²) < 4.78 is 5.10. The summed E-state index contributed by atoms with van der Waals surface area (Å²) in [4.78, 5) is 0. The molecule has 0 aliphatic heterocycles. The number of phenolic OH excluding ortho intramolecular Hbond substituents is 2. The van der Waals surface area contributed by atoms with Crippen LogP contribution in [0.2, 0.25) is 0 Å². The Balaban J connectivity index is 2.43. The van der Waals surface area contributed by atoms with Crippen LogP contribution in [0.5, 0.6) is 11.5 Å². The van der Waals surface area contributed by atoms with Gasteiger partial charge in [0, 0.05) is 18.1 Å². The van der Waals surface area contributed by atoms with Crippen molar-refractivity contribution in [1.82, 2.24) is 0 Å². The van der Waals surface area contributed by atoms with Crippen molar-refractivity contribution >= 4 is 0 Å². The van der Waals surface area contributed by atoms with Crippen LogP contribution in [0.3, 0.4) is 0 Å². The van der Waals surface area contributed by atoms with Gasteiger partial charge in [-0.1, -0.05) is 32.0 Å². The van der Waals surface area contributed by atoms with Crippen LogP contribution in [0.1, 0.15) is 30.5 Å². The Labute approximate surface area is 119 Å². The van der Waals surface area contributed by atoms with Gasteiger partial charge in [0.1, 0.15) is 11.5 Å². The van der Waals surface area contributed by atoms with Crippen LogP contribution in [0, 0.1) is 0 Å². The first-order valence-corrected chi connectivity index (χ1v) is 6.56. The summed E-state index contributed by atoms with van der Waals surface area (Å²) in [7, 11) is 1.61. The molecule has 0 saturated carbocycles. The fourth-order valence-electron chi connectivity index (χ4n) is 2.29. The molecule has 20 heavy (non-hydrogen) atoms. The molecule has 0 fully saturated rings. The van der Waals surface area contributed by atoms with E-state index in [1.54, 1.807) is 25.3 Å². The van der Waals surface area contributed by atoms with E-state index in [0.717, 1.165) is 16.7 Å². The molecule has 0 amide bonds. The summed E-state index contributed by atoms with van der Waals surface area (Å²) in [5.41, 5.74) is 2.75. The minimum atomic E-state index is -0.218. The number of methoxy groups -OCH3 is 1. The molecule has 0 heterocycles. The van der Waals surface area contributed by atoms with E-state index in [9.17, 15) is 10.2 Å². The van der Waals surface area contributed by atoms with Crippen LogP contribution in [0.4, 0.5) is 0 Å². The lowest BCUT2D eigenvalue weighted by atomic mass is 9.77. The molecule has 106 valence electrons. The molecule has 0 unspecified atom stereocenters. The molecule has 0 atom stereocenters. The zero-order valence-corrected chi connectivity index (χ0v) is 12.1. The highest BCUT2D eigenvalue weighted by atomic mass is 16.5. The Bertz CT molecular complexity index is 586. The van der Waals surface area contributed by atoms with Crippen molar-refractivity contribution in [2.24, 2.45) is 0 Å². The van der Waals surface area contributed by atoms with Gasteiger partial charge >= 0.3 is 0 Å². The molecule has 0 saturated heterocycles. The van der Waals surface area contributed by atoms with E-state index in [1.165, 1.54) is 0 Å². The molecule has 0 aliphatic rings. The third-order valence-electron chi connectivity index (χ3n) is 3.69. The maximum Gasteiger partial charge on any atom is 0.121 e. The summed E-state index contributed by atoms with van der Waals surface area (Å²) in [6, 6.07) is 12.8. The molecule has 0 aromatic heterocycles. The van der Waals surface area contributed by atoms with Crippen LogP contribution in [-0.4, -0.2) is 17.3 Å². The van der Waals surface area contributed by atoms with E-state index in [0.29, 0.717) is 6.61 Å². The van der Waals surface area contributed by atoms with Crippen molar-refractivity contribution in [3.05, 3.63) is 59.2 Å². The predicted octanol–water partition coefficient (Wildman–Crippen LogP) is 3.57. The summed E-state index contributed by atoms with van der Waals surface area (Å²) >= 11 is 0. The standard InChI is InChI=1S/C17H20O3/c1-17(2,13-4-7-15(18)8-5-13)14-6-9-16(19)12(10-14)11-20-3/h4-10,18-19H,11H2,1-3H3. The Kier molecular flexibility index (Phi) is 4.00. The van der Waals surface area contributed by atoms with E-state index in [2.05, 4.69) is 13.8 Å². The second kappa shape index (κ2) is 5.55. The van der Waals surface area contributed by atoms with E-state index in [-0.39, 0.29) is 16.9 Å². The predicted molar refractivity (Wildman–Crippen MR) is 79.1 cm³/mol. The summed E-state index contributed by atoms with van der Waals surface area (Å²) in [5, 5.41) is 19.2. The quantitative estimate of drug-likeness (QED) is 0.894. The second-order valence-electron chi connectivity index (χ2n) is 5.45. The van der Waals surface area contributed by atoms with Gasteiger partial charge in [0.15, 0.2) is 0 Å². The molecule has 0 bridgehead atoms. The maximum absolute atomic E-state index is 9.83. The van der Waals surface area contributed by atoms with E-state index in [1.807, 2.05) is 24.3 Å². The Morgan fingerprint density at radius 1 is 0.950 bits per heavy atom. The number of hydrogen-bond donors (Lipinski definition) is 2. The minimum Gasteiger partial charge on any atom is -0.508 e. The molecule has 3 nitrogen and oxygen atoms in total. The normalized spacial score (nSPS) is 11.6. The summed E-state index contributed by atoms with van der Waals surface area (Å²) in [6.45, 7) is 4.61. The molecule has 0 spiro atoms. The van der Waals surface area contributed by atoms with Gasteiger partial charge < -0.3 is 14.9 Å². The van der Waals surface area contributed by atoms with Crippen LogP contribution in [0.25, 0.3) is 0 Å². The molecule has 2 rings (SSSR count). The number of benzene rings is 2. The third kappa shape index (κ3) is 2.78. The molecule has 2 aromatic carbocycles. The van der Waals surface area contributed by atoms with Crippen molar-refractivity contribution in [3.63, 3.8) is 0 Å². The SMILES string of the molecule is COCc1cc(C(C)(C)c2ccc(O)cc2)ccc1O. The summed E-state index contributed by atoms with van der Waals surface area (Å²) in [5.74, 6) is 0.507. The van der Waals surface area contributed by atoms with Gasteiger partial charge in [-0.2, -0.15) is 0 Å². The molecule has 3 heteroatoms. The fourth-order valence-corrected chi connectivity index (χ4v) is 2.29. The smallest absolute Gasteiger partial charge is 0.121 e. The van der Waals surface area contributed by atoms with Gasteiger partial charge in [-0.25, -0.2) is 0 Å². The number of hydrogen-bond acceptors (Lipinski definition) is 3. The van der Waals surface area contributed by atoms with Gasteiger partial charge in [0.25, 0.3) is 0 Å². The second-order valence-corrected chi connectivity index (χ2v) is 5.45. The molecule has 0 radical (unpaired) electrons. The van der Waals surface area contributed by atoms with Crippen molar-refractivity contribution in [1.29, 1.82) is 0 Å². The first-order chi connectivity index (χ1) is 9.45. The lowest BCUT2D eigenvalue weighted by Gasteiger charge is -2.27. The number of phenols is 2. The number of ether oxygens (including phenoxy) is 1. The molecule has 2 N–H and O–H groups in total. The van der Waals surface area contributed by atoms with Crippen LogP contribution >= 0.6 is 0 Å². The Hall–Kier alpha value is -2.00. The maximum atomic E-state index is 9.83. The van der Waals surface area contributed by atoms with Crippen molar-refractivity contribution in [2.45, 2.75) is 25.9 Å². The number of rotatable bonds is 4. The minimum absolute atomic E-state index is 0.218. The molecule has 2 aromatic rings. The fraction of sp³-hybridized carbons (Fsp3) is 0.294. The highest BCUT2D eigenvalue weighted by Crippen LogP contribution is 2.34. The lowest BCUT2D eigenvalue weighted by molar-refractivity contribution is 0.182. The molecule has 0 aliphatic carbocycles. The van der Waals surface area contributed by atoms with Crippen LogP contribution in [0.15, 0.2) is 42.5 Å². The molecular formula is C17H20O3. The number of aromatic hydroxyl groups is 2. The van der Waals surface area contributed by atoms with E-state index >= 15 is 0 Å². The van der Waals surface area contributed by atoms with Gasteiger partial charge in [0.05, 0.1) is 6.61 Å². The van der Waals surface area contributed by atoms with Crippen LogP contribution in [-0.2, 0) is 16.8 Å². The largest absolute Gasteiger partial charge is 0.508 e. The lowest BCUT2D eigenvalue weighted by Crippen LogP contribution is -2.19. The van der Waals surface area contributed by atoms with E-state index in [4.69, 9.17) is 4.74 Å². The first-order valence-electron chi connectivity index (χ1n) is 6.56. The van der Waals surface area contributed by atoms with Gasteiger partial charge in [-0.15, -0.1) is 0 Å². The van der Waals surface area contributed by atoms with Gasteiger partial charge in [0.2, 0.25) is 0 Å². The Morgan fingerprint density at radius 2 is 1.55 bits per heavy atom. The summed E-state index contributed by atoms with van der Waals surface area (Å²) in [6.07, 6.45) is 0. The first kappa shape index (κ1) is 14.4. The van der Waals surface area contributed by atoms with Gasteiger partial charge in [-0.3, -0.25) is 0 Å². The third-order valence-corrected chi connectivity index (χ3v) is 3.69. The average molecular weight is 272 g/mol. The van der Waals surface area contributed by atoms with Crippen molar-refractivity contribution < 1.29 is 14.9 Å². The zero-order chi connectivity index (χ0) is 14.8. The van der Waals surface area contributed by atoms with E-state index < -0.39 is 0 Å². The Morgan fingerprint density at radius 3 is 2.15 bits per heavy atom. The zero-order valence-electron chi connectivity index (χ0n) is 12.1. The molecular weight excluding hydrogens is 252 g/mol. The van der Waals surface area contributed by atoms with Crippen molar-refractivity contribution in [2.75, 3.05) is 7.11 Å². The average Bonchev–Trinajstić information content (AvgIpc) is 2.42. The monoisotopic (exact) mass is 272 g/mol.